The standard InChI is InChI=1S/C18H16O3S/c1-21-12-4-6-13(7-5-12)22-15-9-14(19)16-10-2-3-11(8-10)17(16)18(15)20/h2-7,9-11,16-17H,8H2,1H3. The number of carbonyl (C=O) groups excluding carboxylic acids is 2. The highest BCUT2D eigenvalue weighted by Gasteiger charge is 2.53. The maximum absolute atomic E-state index is 12.8. The number of methoxy groups -OCH3 is 1. The molecule has 4 atom stereocenters. The Balaban J connectivity index is 1.60. The second-order valence-corrected chi connectivity index (χ2v) is 7.17. The summed E-state index contributed by atoms with van der Waals surface area (Å²) in [7, 11) is 1.62. The first-order valence-electron chi connectivity index (χ1n) is 7.47. The molecule has 3 aliphatic carbocycles. The molecule has 1 aromatic rings. The van der Waals surface area contributed by atoms with Crippen molar-refractivity contribution in [3.05, 3.63) is 47.4 Å². The molecule has 0 spiro atoms. The molecule has 0 aliphatic heterocycles. The van der Waals surface area contributed by atoms with E-state index in [2.05, 4.69) is 12.2 Å². The number of thioether (sulfide) groups is 1. The van der Waals surface area contributed by atoms with Crippen LogP contribution in [0.5, 0.6) is 5.75 Å². The van der Waals surface area contributed by atoms with Gasteiger partial charge in [0.15, 0.2) is 11.6 Å². The maximum atomic E-state index is 12.8. The lowest BCUT2D eigenvalue weighted by Gasteiger charge is -2.29. The van der Waals surface area contributed by atoms with Crippen molar-refractivity contribution in [2.24, 2.45) is 23.7 Å². The highest BCUT2D eigenvalue weighted by molar-refractivity contribution is 8.04. The van der Waals surface area contributed by atoms with Crippen LogP contribution in [-0.4, -0.2) is 18.7 Å². The van der Waals surface area contributed by atoms with Crippen LogP contribution in [0.15, 0.2) is 52.3 Å². The third kappa shape index (κ3) is 2.05. The van der Waals surface area contributed by atoms with Crippen LogP contribution < -0.4 is 4.74 Å². The van der Waals surface area contributed by atoms with Crippen LogP contribution in [-0.2, 0) is 9.59 Å². The smallest absolute Gasteiger partial charge is 0.174 e. The summed E-state index contributed by atoms with van der Waals surface area (Å²) in [6.45, 7) is 0. The Hall–Kier alpha value is -1.81. The molecular formula is C18H16O3S. The zero-order valence-corrected chi connectivity index (χ0v) is 13.0. The summed E-state index contributed by atoms with van der Waals surface area (Å²) in [4.78, 5) is 26.7. The first kappa shape index (κ1) is 13.8. The number of benzene rings is 1. The van der Waals surface area contributed by atoms with Gasteiger partial charge in [-0.1, -0.05) is 23.9 Å². The highest BCUT2D eigenvalue weighted by Crippen LogP contribution is 2.52. The van der Waals surface area contributed by atoms with Crippen molar-refractivity contribution in [3.63, 3.8) is 0 Å². The Morgan fingerprint density at radius 1 is 1.05 bits per heavy atom. The first-order valence-corrected chi connectivity index (χ1v) is 8.29. The Bertz CT molecular complexity index is 702. The zero-order chi connectivity index (χ0) is 15.3. The van der Waals surface area contributed by atoms with Gasteiger partial charge < -0.3 is 4.74 Å². The minimum absolute atomic E-state index is 0.109. The molecule has 2 bridgehead atoms. The lowest BCUT2D eigenvalue weighted by molar-refractivity contribution is -0.129. The van der Waals surface area contributed by atoms with Gasteiger partial charge in [-0.25, -0.2) is 0 Å². The SMILES string of the molecule is COc1ccc(SC2=CC(=O)C3C4C=CC(C4)C3C2=O)cc1. The van der Waals surface area contributed by atoms with Gasteiger partial charge in [0.05, 0.1) is 12.0 Å². The van der Waals surface area contributed by atoms with Gasteiger partial charge in [-0.15, -0.1) is 0 Å². The predicted molar refractivity (Wildman–Crippen MR) is 84.7 cm³/mol. The van der Waals surface area contributed by atoms with Crippen molar-refractivity contribution in [1.82, 2.24) is 0 Å². The number of fused-ring (bicyclic) bond motifs is 5. The molecule has 0 N–H and O–H groups in total. The topological polar surface area (TPSA) is 43.4 Å². The molecule has 22 heavy (non-hydrogen) atoms. The second kappa shape index (κ2) is 5.13. The normalized spacial score (nSPS) is 32.1. The van der Waals surface area contributed by atoms with E-state index in [4.69, 9.17) is 4.74 Å². The number of Topliss-reactive ketones (excluding diaryl/α,β-unsaturated/α-hetero) is 1. The lowest BCUT2D eigenvalue weighted by Crippen LogP contribution is -2.36. The first-order chi connectivity index (χ1) is 10.7. The molecule has 0 amide bonds. The average Bonchev–Trinajstić information content (AvgIpc) is 3.14. The second-order valence-electron chi connectivity index (χ2n) is 6.05. The minimum atomic E-state index is -0.131. The molecule has 4 unspecified atom stereocenters. The van der Waals surface area contributed by atoms with Crippen molar-refractivity contribution in [2.75, 3.05) is 7.11 Å². The fraction of sp³-hybridized carbons (Fsp3) is 0.333. The lowest BCUT2D eigenvalue weighted by atomic mass is 9.75. The molecule has 0 radical (unpaired) electrons. The molecular weight excluding hydrogens is 296 g/mol. The number of ether oxygens (including phenoxy) is 1. The Morgan fingerprint density at radius 3 is 2.41 bits per heavy atom. The van der Waals surface area contributed by atoms with Crippen molar-refractivity contribution < 1.29 is 14.3 Å². The van der Waals surface area contributed by atoms with E-state index in [0.29, 0.717) is 4.91 Å². The van der Waals surface area contributed by atoms with Gasteiger partial charge in [0.25, 0.3) is 0 Å². The van der Waals surface area contributed by atoms with E-state index >= 15 is 0 Å². The zero-order valence-electron chi connectivity index (χ0n) is 12.2. The highest BCUT2D eigenvalue weighted by atomic mass is 32.2. The van der Waals surface area contributed by atoms with Crippen LogP contribution in [0.25, 0.3) is 0 Å². The van der Waals surface area contributed by atoms with E-state index < -0.39 is 0 Å². The third-order valence-electron chi connectivity index (χ3n) is 4.89. The Morgan fingerprint density at radius 2 is 1.73 bits per heavy atom. The van der Waals surface area contributed by atoms with Crippen molar-refractivity contribution >= 4 is 23.3 Å². The maximum Gasteiger partial charge on any atom is 0.174 e. The van der Waals surface area contributed by atoms with Crippen molar-refractivity contribution in [2.45, 2.75) is 11.3 Å². The molecule has 1 fully saturated rings. The largest absolute Gasteiger partial charge is 0.497 e. The molecule has 0 heterocycles. The number of hydrogen-bond acceptors (Lipinski definition) is 4. The van der Waals surface area contributed by atoms with Crippen LogP contribution in [0.3, 0.4) is 0 Å². The van der Waals surface area contributed by atoms with Gasteiger partial charge >= 0.3 is 0 Å². The molecule has 0 aromatic heterocycles. The molecule has 3 nitrogen and oxygen atoms in total. The monoisotopic (exact) mass is 312 g/mol. The van der Waals surface area contributed by atoms with E-state index in [1.165, 1.54) is 11.8 Å². The van der Waals surface area contributed by atoms with Gasteiger partial charge in [-0.2, -0.15) is 0 Å². The fourth-order valence-electron chi connectivity index (χ4n) is 3.88. The minimum Gasteiger partial charge on any atom is -0.497 e. The molecule has 4 heteroatoms. The van der Waals surface area contributed by atoms with Gasteiger partial charge in [0.2, 0.25) is 0 Å². The number of ketones is 2. The van der Waals surface area contributed by atoms with E-state index in [-0.39, 0.29) is 35.2 Å². The quantitative estimate of drug-likeness (QED) is 0.804. The molecule has 0 saturated heterocycles. The van der Waals surface area contributed by atoms with Gasteiger partial charge in [0, 0.05) is 16.7 Å². The Labute approximate surface area is 133 Å². The summed E-state index contributed by atoms with van der Waals surface area (Å²) < 4.78 is 5.14. The summed E-state index contributed by atoms with van der Waals surface area (Å²) in [6.07, 6.45) is 6.76. The summed E-state index contributed by atoms with van der Waals surface area (Å²) in [5.41, 5.74) is 0. The van der Waals surface area contributed by atoms with Gasteiger partial charge in [-0.3, -0.25) is 9.59 Å². The van der Waals surface area contributed by atoms with Crippen molar-refractivity contribution in [1.29, 1.82) is 0 Å². The number of allylic oxidation sites excluding steroid dienone is 4. The number of hydrogen-bond donors (Lipinski definition) is 0. The van der Waals surface area contributed by atoms with Crippen molar-refractivity contribution in [3.8, 4) is 5.75 Å². The number of rotatable bonds is 3. The van der Waals surface area contributed by atoms with Crippen LogP contribution >= 0.6 is 11.8 Å². The van der Waals surface area contributed by atoms with Crippen LogP contribution in [0.1, 0.15) is 6.42 Å². The molecule has 112 valence electrons. The van der Waals surface area contributed by atoms with Crippen LogP contribution in [0, 0.1) is 23.7 Å². The van der Waals surface area contributed by atoms with E-state index in [9.17, 15) is 9.59 Å². The summed E-state index contributed by atoms with van der Waals surface area (Å²) in [6, 6.07) is 7.55. The summed E-state index contributed by atoms with van der Waals surface area (Å²) in [5, 5.41) is 0. The van der Waals surface area contributed by atoms with E-state index in [1.54, 1.807) is 13.2 Å². The van der Waals surface area contributed by atoms with E-state index in [1.807, 2.05) is 24.3 Å². The fourth-order valence-corrected chi connectivity index (χ4v) is 4.82. The molecule has 1 aromatic carbocycles. The molecule has 4 rings (SSSR count). The van der Waals surface area contributed by atoms with Gasteiger partial charge in [-0.05, 0) is 48.6 Å². The van der Waals surface area contributed by atoms with Gasteiger partial charge in [0.1, 0.15) is 5.75 Å². The van der Waals surface area contributed by atoms with Crippen LogP contribution in [0.4, 0.5) is 0 Å². The molecule has 1 saturated carbocycles. The average molecular weight is 312 g/mol. The Kier molecular flexibility index (Phi) is 3.22. The number of carbonyl (C=O) groups is 2. The molecule has 3 aliphatic rings. The van der Waals surface area contributed by atoms with E-state index in [0.717, 1.165) is 17.1 Å². The summed E-state index contributed by atoms with van der Waals surface area (Å²) >= 11 is 1.38. The van der Waals surface area contributed by atoms with Crippen LogP contribution in [0.2, 0.25) is 0 Å². The predicted octanol–water partition coefficient (Wildman–Crippen LogP) is 3.26. The summed E-state index contributed by atoms with van der Waals surface area (Å²) in [5.74, 6) is 1.33. The third-order valence-corrected chi connectivity index (χ3v) is 5.94.